The van der Waals surface area contributed by atoms with Gasteiger partial charge in [-0.3, -0.25) is 0 Å². The molecule has 4 nitrogen and oxygen atoms in total. The molecule has 1 heterocycles. The lowest BCUT2D eigenvalue weighted by molar-refractivity contribution is 0.330. The number of nitrogens with one attached hydrogen (secondary N) is 1. The normalized spacial score (nSPS) is 14.6. The molecule has 0 aliphatic heterocycles. The van der Waals surface area contributed by atoms with Crippen molar-refractivity contribution in [3.8, 4) is 11.8 Å². The number of ether oxygens (including phenoxy) is 1. The third-order valence-electron chi connectivity index (χ3n) is 2.78. The fourth-order valence-corrected chi connectivity index (χ4v) is 1.76. The van der Waals surface area contributed by atoms with Crippen LogP contribution in [0, 0.1) is 5.82 Å². The van der Waals surface area contributed by atoms with Crippen LogP contribution in [0.15, 0.2) is 28.9 Å². The molecule has 0 spiro atoms. The summed E-state index contributed by atoms with van der Waals surface area (Å²) in [5, 5.41) is 3.32. The molecule has 1 aromatic carbocycles. The van der Waals surface area contributed by atoms with E-state index in [0.717, 1.165) is 5.69 Å². The Balaban J connectivity index is 1.63. The Hall–Kier alpha value is -1.59. The fourth-order valence-electron chi connectivity index (χ4n) is 1.59. The summed E-state index contributed by atoms with van der Waals surface area (Å²) >= 11 is 5.66. The second-order valence-electron chi connectivity index (χ2n) is 4.44. The van der Waals surface area contributed by atoms with Gasteiger partial charge < -0.3 is 14.5 Å². The van der Waals surface area contributed by atoms with E-state index in [-0.39, 0.29) is 11.1 Å². The minimum Gasteiger partial charge on any atom is -0.417 e. The Morgan fingerprint density at radius 3 is 3.05 bits per heavy atom. The molecule has 1 aliphatic rings. The maximum atomic E-state index is 13.0. The van der Waals surface area contributed by atoms with E-state index >= 15 is 0 Å². The first-order chi connectivity index (χ1) is 9.20. The van der Waals surface area contributed by atoms with Crippen molar-refractivity contribution >= 4 is 11.6 Å². The van der Waals surface area contributed by atoms with Gasteiger partial charge in [-0.15, -0.1) is 0 Å². The van der Waals surface area contributed by atoms with Crippen LogP contribution < -0.4 is 10.1 Å². The summed E-state index contributed by atoms with van der Waals surface area (Å²) in [6.07, 6.45) is 4.09. The Bertz CT molecular complexity index is 584. The van der Waals surface area contributed by atoms with E-state index in [1.165, 1.54) is 37.3 Å². The molecule has 0 radical (unpaired) electrons. The molecule has 0 atom stereocenters. The highest BCUT2D eigenvalue weighted by molar-refractivity contribution is 6.30. The Labute approximate surface area is 114 Å². The van der Waals surface area contributed by atoms with Crippen LogP contribution in [0.4, 0.5) is 4.39 Å². The molecule has 3 rings (SSSR count). The van der Waals surface area contributed by atoms with E-state index in [0.29, 0.717) is 18.3 Å². The van der Waals surface area contributed by atoms with Gasteiger partial charge in [0.1, 0.15) is 17.8 Å². The lowest BCUT2D eigenvalue weighted by Crippen LogP contribution is -2.15. The van der Waals surface area contributed by atoms with E-state index in [2.05, 4.69) is 10.3 Å². The van der Waals surface area contributed by atoms with Crippen molar-refractivity contribution in [1.29, 1.82) is 0 Å². The van der Waals surface area contributed by atoms with E-state index in [1.807, 2.05) is 0 Å². The summed E-state index contributed by atoms with van der Waals surface area (Å²) in [6.45, 7) is 0.654. The van der Waals surface area contributed by atoms with Gasteiger partial charge in [0.25, 0.3) is 0 Å². The number of benzene rings is 1. The average Bonchev–Trinajstić information content (AvgIpc) is 3.12. The number of hydrogen-bond acceptors (Lipinski definition) is 4. The van der Waals surface area contributed by atoms with Gasteiger partial charge in [-0.2, -0.15) is 4.98 Å². The standard InChI is InChI=1S/C13H12ClFN2O2/c14-11-5-10(3-4-12(11)15)19-13-17-9(7-18-13)6-16-8-1-2-8/h3-5,7-8,16H,1-2,6H2. The van der Waals surface area contributed by atoms with E-state index in [9.17, 15) is 4.39 Å². The van der Waals surface area contributed by atoms with Crippen molar-refractivity contribution in [2.45, 2.75) is 25.4 Å². The predicted octanol–water partition coefficient (Wildman–Crippen LogP) is 3.51. The van der Waals surface area contributed by atoms with E-state index < -0.39 is 5.82 Å². The molecule has 6 heteroatoms. The molecular formula is C13H12ClFN2O2. The third kappa shape index (κ3) is 3.24. The van der Waals surface area contributed by atoms with Crippen molar-refractivity contribution in [3.63, 3.8) is 0 Å². The highest BCUT2D eigenvalue weighted by Crippen LogP contribution is 2.26. The minimum atomic E-state index is -0.490. The van der Waals surface area contributed by atoms with Crippen molar-refractivity contribution in [3.05, 3.63) is 41.0 Å². The molecule has 2 aromatic rings. The van der Waals surface area contributed by atoms with Crippen LogP contribution in [-0.2, 0) is 6.54 Å². The van der Waals surface area contributed by atoms with Crippen LogP contribution in [0.3, 0.4) is 0 Å². The van der Waals surface area contributed by atoms with Gasteiger partial charge in [-0.05, 0) is 25.0 Å². The van der Waals surface area contributed by atoms with Crippen molar-refractivity contribution in [2.24, 2.45) is 0 Å². The van der Waals surface area contributed by atoms with Gasteiger partial charge >= 0.3 is 6.08 Å². The zero-order valence-electron chi connectivity index (χ0n) is 10.0. The van der Waals surface area contributed by atoms with Gasteiger partial charge in [0.05, 0.1) is 10.7 Å². The molecule has 1 fully saturated rings. The Morgan fingerprint density at radius 1 is 1.47 bits per heavy atom. The zero-order valence-corrected chi connectivity index (χ0v) is 10.8. The molecular weight excluding hydrogens is 271 g/mol. The lowest BCUT2D eigenvalue weighted by atomic mass is 10.3. The summed E-state index contributed by atoms with van der Waals surface area (Å²) in [4.78, 5) is 4.17. The maximum Gasteiger partial charge on any atom is 0.399 e. The van der Waals surface area contributed by atoms with Crippen molar-refractivity contribution in [2.75, 3.05) is 0 Å². The van der Waals surface area contributed by atoms with E-state index in [1.54, 1.807) is 0 Å². The van der Waals surface area contributed by atoms with Gasteiger partial charge in [-0.1, -0.05) is 11.6 Å². The first kappa shape index (κ1) is 12.4. The van der Waals surface area contributed by atoms with Crippen LogP contribution in [0.2, 0.25) is 5.02 Å². The number of oxazole rings is 1. The lowest BCUT2D eigenvalue weighted by Gasteiger charge is -2.01. The highest BCUT2D eigenvalue weighted by Gasteiger charge is 2.20. The molecule has 19 heavy (non-hydrogen) atoms. The van der Waals surface area contributed by atoms with Gasteiger partial charge in [0.2, 0.25) is 0 Å². The molecule has 1 aliphatic carbocycles. The molecule has 0 unspecified atom stereocenters. The van der Waals surface area contributed by atoms with Crippen LogP contribution >= 0.6 is 11.6 Å². The van der Waals surface area contributed by atoms with Gasteiger partial charge in [0.15, 0.2) is 0 Å². The first-order valence-corrected chi connectivity index (χ1v) is 6.39. The monoisotopic (exact) mass is 282 g/mol. The second kappa shape index (κ2) is 5.19. The predicted molar refractivity (Wildman–Crippen MR) is 67.8 cm³/mol. The smallest absolute Gasteiger partial charge is 0.399 e. The summed E-state index contributed by atoms with van der Waals surface area (Å²) in [6, 6.07) is 4.68. The molecule has 100 valence electrons. The Kier molecular flexibility index (Phi) is 3.40. The zero-order chi connectivity index (χ0) is 13.2. The fraction of sp³-hybridized carbons (Fsp3) is 0.308. The molecule has 0 saturated heterocycles. The SMILES string of the molecule is Fc1ccc(Oc2nc(CNC3CC3)co2)cc1Cl. The van der Waals surface area contributed by atoms with Crippen LogP contribution in [0.1, 0.15) is 18.5 Å². The number of rotatable bonds is 5. The van der Waals surface area contributed by atoms with Gasteiger partial charge in [0, 0.05) is 18.7 Å². The molecule has 0 amide bonds. The Morgan fingerprint density at radius 2 is 2.32 bits per heavy atom. The number of hydrogen-bond donors (Lipinski definition) is 1. The molecule has 1 N–H and O–H groups in total. The molecule has 0 bridgehead atoms. The average molecular weight is 283 g/mol. The van der Waals surface area contributed by atoms with E-state index in [4.69, 9.17) is 20.8 Å². The first-order valence-electron chi connectivity index (χ1n) is 6.01. The van der Waals surface area contributed by atoms with Crippen molar-refractivity contribution < 1.29 is 13.5 Å². The molecule has 1 saturated carbocycles. The summed E-state index contributed by atoms with van der Waals surface area (Å²) in [5.74, 6) is -0.106. The number of aromatic nitrogens is 1. The third-order valence-corrected chi connectivity index (χ3v) is 3.07. The van der Waals surface area contributed by atoms with Crippen LogP contribution in [0.25, 0.3) is 0 Å². The molecule has 1 aromatic heterocycles. The number of nitrogens with zero attached hydrogens (tertiary/aromatic N) is 1. The highest BCUT2D eigenvalue weighted by atomic mass is 35.5. The van der Waals surface area contributed by atoms with Crippen LogP contribution in [0.5, 0.6) is 11.8 Å². The minimum absolute atomic E-state index is 0.000297. The summed E-state index contributed by atoms with van der Waals surface area (Å²) in [7, 11) is 0. The summed E-state index contributed by atoms with van der Waals surface area (Å²) < 4.78 is 23.5. The second-order valence-corrected chi connectivity index (χ2v) is 4.85. The topological polar surface area (TPSA) is 47.3 Å². The van der Waals surface area contributed by atoms with Gasteiger partial charge in [-0.25, -0.2) is 4.39 Å². The largest absolute Gasteiger partial charge is 0.417 e. The van der Waals surface area contributed by atoms with Crippen molar-refractivity contribution in [1.82, 2.24) is 10.3 Å². The van der Waals surface area contributed by atoms with Crippen LogP contribution in [-0.4, -0.2) is 11.0 Å². The number of halogens is 2. The summed E-state index contributed by atoms with van der Waals surface area (Å²) in [5.41, 5.74) is 0.773. The maximum absolute atomic E-state index is 13.0. The quantitative estimate of drug-likeness (QED) is 0.911.